The van der Waals surface area contributed by atoms with Crippen LogP contribution in [0.3, 0.4) is 0 Å². The van der Waals surface area contributed by atoms with E-state index in [0.717, 1.165) is 25.7 Å². The Labute approximate surface area is 165 Å². The summed E-state index contributed by atoms with van der Waals surface area (Å²) in [4.78, 5) is 27.4. The Morgan fingerprint density at radius 1 is 1.04 bits per heavy atom. The molecule has 0 bridgehead atoms. The fourth-order valence-corrected chi connectivity index (χ4v) is 5.25. The van der Waals surface area contributed by atoms with Crippen LogP contribution in [0.4, 0.5) is 0 Å². The molecule has 1 aromatic carbocycles. The van der Waals surface area contributed by atoms with Crippen molar-refractivity contribution >= 4 is 38.2 Å². The first-order chi connectivity index (χ1) is 13.4. The van der Waals surface area contributed by atoms with Gasteiger partial charge in [0.05, 0.1) is 9.77 Å². The summed E-state index contributed by atoms with van der Waals surface area (Å²) in [5, 5.41) is 0.468. The number of hydrogen-bond acceptors (Lipinski definition) is 6. The van der Waals surface area contributed by atoms with Crippen molar-refractivity contribution in [2.45, 2.75) is 37.0 Å². The van der Waals surface area contributed by atoms with E-state index in [1.54, 1.807) is 0 Å². The van der Waals surface area contributed by atoms with Gasteiger partial charge in [-0.2, -0.15) is 0 Å². The molecule has 7 nitrogen and oxygen atoms in total. The van der Waals surface area contributed by atoms with Gasteiger partial charge in [-0.1, -0.05) is 6.42 Å². The molecule has 1 aliphatic carbocycles. The Hall–Kier alpha value is -2.49. The standard InChI is InChI=1S/C19H18N2O5S2/c22-18-9-6-12-10-14(7-8-15(12)26-18)28(24,25)21-20-19(23)17-11-13-4-2-1-3-5-16(13)27-17/h6-11,21H,1-5H2,(H,20,23). The molecule has 0 radical (unpaired) electrons. The van der Waals surface area contributed by atoms with Gasteiger partial charge in [0, 0.05) is 16.3 Å². The van der Waals surface area contributed by atoms with Crippen LogP contribution in [0.5, 0.6) is 0 Å². The number of aryl methyl sites for hydroxylation is 2. The van der Waals surface area contributed by atoms with Crippen molar-refractivity contribution in [2.75, 3.05) is 0 Å². The fourth-order valence-electron chi connectivity index (χ4n) is 3.23. The quantitative estimate of drug-likeness (QED) is 0.385. The van der Waals surface area contributed by atoms with Crippen LogP contribution in [0.25, 0.3) is 11.0 Å². The largest absolute Gasteiger partial charge is 0.423 e. The lowest BCUT2D eigenvalue weighted by Gasteiger charge is -2.08. The van der Waals surface area contributed by atoms with Gasteiger partial charge in [0.2, 0.25) is 0 Å². The van der Waals surface area contributed by atoms with Crippen LogP contribution in [0.1, 0.15) is 39.4 Å². The van der Waals surface area contributed by atoms with E-state index in [0.29, 0.717) is 10.3 Å². The molecule has 4 rings (SSSR count). The number of sulfonamides is 1. The van der Waals surface area contributed by atoms with Gasteiger partial charge in [0.1, 0.15) is 5.58 Å². The van der Waals surface area contributed by atoms with Crippen LogP contribution in [0, 0.1) is 0 Å². The molecule has 146 valence electrons. The third-order valence-electron chi connectivity index (χ3n) is 4.67. The van der Waals surface area contributed by atoms with Crippen molar-refractivity contribution < 1.29 is 17.6 Å². The van der Waals surface area contributed by atoms with E-state index in [1.165, 1.54) is 58.5 Å². The van der Waals surface area contributed by atoms with Crippen molar-refractivity contribution in [2.24, 2.45) is 0 Å². The number of nitrogens with one attached hydrogen (secondary N) is 2. The van der Waals surface area contributed by atoms with E-state index in [1.807, 2.05) is 6.07 Å². The monoisotopic (exact) mass is 418 g/mol. The second-order valence-electron chi connectivity index (χ2n) is 6.63. The predicted octanol–water partition coefficient (Wildman–Crippen LogP) is 2.75. The minimum atomic E-state index is -3.97. The van der Waals surface area contributed by atoms with Crippen molar-refractivity contribution in [1.29, 1.82) is 0 Å². The SMILES string of the molecule is O=C(NNS(=O)(=O)c1ccc2oc(=O)ccc2c1)c1cc2c(s1)CCCCC2. The molecule has 0 atom stereocenters. The van der Waals surface area contributed by atoms with E-state index < -0.39 is 21.6 Å². The van der Waals surface area contributed by atoms with Crippen LogP contribution in [-0.4, -0.2) is 14.3 Å². The predicted molar refractivity (Wildman–Crippen MR) is 106 cm³/mol. The third kappa shape index (κ3) is 3.87. The molecule has 0 saturated heterocycles. The number of hydrazine groups is 1. The minimum Gasteiger partial charge on any atom is -0.423 e. The molecule has 3 aromatic rings. The molecule has 0 unspecified atom stereocenters. The summed E-state index contributed by atoms with van der Waals surface area (Å²) in [7, 11) is -3.97. The number of amides is 1. The molecule has 0 aliphatic heterocycles. The van der Waals surface area contributed by atoms with Crippen molar-refractivity contribution in [3.05, 3.63) is 62.1 Å². The number of hydrogen-bond donors (Lipinski definition) is 2. The molecule has 0 saturated carbocycles. The number of thiophene rings is 1. The van der Waals surface area contributed by atoms with E-state index in [9.17, 15) is 18.0 Å². The summed E-state index contributed by atoms with van der Waals surface area (Å²) in [6.07, 6.45) is 5.34. The maximum Gasteiger partial charge on any atom is 0.336 e. The molecular weight excluding hydrogens is 400 g/mol. The summed E-state index contributed by atoms with van der Waals surface area (Å²) < 4.78 is 30.0. The van der Waals surface area contributed by atoms with Crippen LogP contribution < -0.4 is 15.9 Å². The van der Waals surface area contributed by atoms with Gasteiger partial charge in [0.25, 0.3) is 15.9 Å². The molecule has 9 heteroatoms. The summed E-state index contributed by atoms with van der Waals surface area (Å²) in [6.45, 7) is 0. The fraction of sp³-hybridized carbons (Fsp3) is 0.263. The second kappa shape index (κ2) is 7.50. The van der Waals surface area contributed by atoms with Gasteiger partial charge in [-0.3, -0.25) is 10.2 Å². The van der Waals surface area contributed by atoms with Gasteiger partial charge < -0.3 is 4.42 Å². The lowest BCUT2D eigenvalue weighted by Crippen LogP contribution is -2.41. The highest BCUT2D eigenvalue weighted by atomic mass is 32.2. The lowest BCUT2D eigenvalue weighted by molar-refractivity contribution is 0.0949. The van der Waals surface area contributed by atoms with Crippen molar-refractivity contribution in [3.8, 4) is 0 Å². The highest BCUT2D eigenvalue weighted by Gasteiger charge is 2.20. The maximum atomic E-state index is 12.5. The first-order valence-corrected chi connectivity index (χ1v) is 11.2. The van der Waals surface area contributed by atoms with Gasteiger partial charge in [-0.05, 0) is 61.6 Å². The zero-order chi connectivity index (χ0) is 19.7. The molecule has 1 amide bonds. The van der Waals surface area contributed by atoms with Crippen molar-refractivity contribution in [3.63, 3.8) is 0 Å². The Kier molecular flexibility index (Phi) is 5.05. The Bertz CT molecular complexity index is 1190. The lowest BCUT2D eigenvalue weighted by atomic mass is 10.1. The van der Waals surface area contributed by atoms with Gasteiger partial charge in [-0.25, -0.2) is 13.2 Å². The average molecular weight is 418 g/mol. The van der Waals surface area contributed by atoms with Crippen molar-refractivity contribution in [1.82, 2.24) is 10.3 Å². The summed E-state index contributed by atoms with van der Waals surface area (Å²) in [6, 6.07) is 8.65. The summed E-state index contributed by atoms with van der Waals surface area (Å²) in [5.41, 5.74) is 3.24. The Morgan fingerprint density at radius 3 is 2.71 bits per heavy atom. The van der Waals surface area contributed by atoms with E-state index in [4.69, 9.17) is 4.42 Å². The highest BCUT2D eigenvalue weighted by molar-refractivity contribution is 7.89. The normalized spacial score (nSPS) is 14.4. The number of carbonyl (C=O) groups is 1. The molecule has 0 fully saturated rings. The molecule has 0 spiro atoms. The molecule has 2 aromatic heterocycles. The molecule has 28 heavy (non-hydrogen) atoms. The number of carbonyl (C=O) groups excluding carboxylic acids is 1. The van der Waals surface area contributed by atoms with Crippen LogP contribution >= 0.6 is 11.3 Å². The first kappa shape index (κ1) is 18.9. The van der Waals surface area contributed by atoms with Crippen LogP contribution in [0.15, 0.2) is 50.5 Å². The minimum absolute atomic E-state index is 0.0453. The average Bonchev–Trinajstić information content (AvgIpc) is 2.96. The van der Waals surface area contributed by atoms with E-state index >= 15 is 0 Å². The Balaban J connectivity index is 1.50. The second-order valence-corrected chi connectivity index (χ2v) is 9.45. The first-order valence-electron chi connectivity index (χ1n) is 8.90. The molecule has 1 aliphatic rings. The summed E-state index contributed by atoms with van der Waals surface area (Å²) >= 11 is 1.42. The maximum absolute atomic E-state index is 12.5. The van der Waals surface area contributed by atoms with Gasteiger partial charge >= 0.3 is 5.63 Å². The Morgan fingerprint density at radius 2 is 1.86 bits per heavy atom. The summed E-state index contributed by atoms with van der Waals surface area (Å²) in [5.74, 6) is -0.478. The smallest absolute Gasteiger partial charge is 0.336 e. The number of rotatable bonds is 4. The zero-order valence-corrected chi connectivity index (χ0v) is 16.5. The molecule has 2 N–H and O–H groups in total. The topological polar surface area (TPSA) is 105 Å². The molecular formula is C19H18N2O5S2. The van der Waals surface area contributed by atoms with E-state index in [-0.39, 0.29) is 10.5 Å². The molecule has 2 heterocycles. The van der Waals surface area contributed by atoms with Gasteiger partial charge in [0.15, 0.2) is 0 Å². The zero-order valence-electron chi connectivity index (χ0n) is 14.9. The van der Waals surface area contributed by atoms with E-state index in [2.05, 4.69) is 10.3 Å². The number of benzene rings is 1. The highest BCUT2D eigenvalue weighted by Crippen LogP contribution is 2.28. The number of fused-ring (bicyclic) bond motifs is 2. The third-order valence-corrected chi connectivity index (χ3v) is 7.15. The van der Waals surface area contributed by atoms with Gasteiger partial charge in [-0.15, -0.1) is 16.2 Å². The van der Waals surface area contributed by atoms with Crippen LogP contribution in [0.2, 0.25) is 0 Å². The van der Waals surface area contributed by atoms with Crippen LogP contribution in [-0.2, 0) is 22.9 Å².